The molecular formula is C12H21N3O. The Morgan fingerprint density at radius 1 is 1.44 bits per heavy atom. The van der Waals surface area contributed by atoms with Gasteiger partial charge in [-0.2, -0.15) is 0 Å². The first-order chi connectivity index (χ1) is 7.63. The second-order valence-corrected chi connectivity index (χ2v) is 4.03. The maximum atomic E-state index is 5.55. The summed E-state index contributed by atoms with van der Waals surface area (Å²) in [5, 5.41) is 0. The van der Waals surface area contributed by atoms with Crippen LogP contribution in [0.2, 0.25) is 0 Å². The number of aromatic nitrogens is 1. The lowest BCUT2D eigenvalue weighted by atomic mass is 10.3. The van der Waals surface area contributed by atoms with E-state index < -0.39 is 0 Å². The predicted octanol–water partition coefficient (Wildman–Crippen LogP) is 1.40. The Hall–Kier alpha value is -1.13. The molecule has 0 fully saturated rings. The maximum Gasteiger partial charge on any atom is 0.128 e. The second kappa shape index (κ2) is 6.45. The third-order valence-electron chi connectivity index (χ3n) is 2.27. The van der Waals surface area contributed by atoms with E-state index in [9.17, 15) is 0 Å². The molecule has 0 bridgehead atoms. The largest absolute Gasteiger partial charge is 0.377 e. The van der Waals surface area contributed by atoms with Crippen molar-refractivity contribution >= 4 is 5.82 Å². The molecule has 16 heavy (non-hydrogen) atoms. The highest BCUT2D eigenvalue weighted by Gasteiger charge is 2.03. The van der Waals surface area contributed by atoms with Crippen LogP contribution in [0.25, 0.3) is 0 Å². The van der Waals surface area contributed by atoms with Gasteiger partial charge in [0.2, 0.25) is 0 Å². The van der Waals surface area contributed by atoms with Crippen molar-refractivity contribution < 1.29 is 4.74 Å². The minimum absolute atomic E-state index is 0.275. The summed E-state index contributed by atoms with van der Waals surface area (Å²) < 4.78 is 5.50. The van der Waals surface area contributed by atoms with Crippen LogP contribution in [-0.4, -0.2) is 31.3 Å². The molecule has 4 heteroatoms. The van der Waals surface area contributed by atoms with E-state index in [0.717, 1.165) is 18.1 Å². The highest BCUT2D eigenvalue weighted by molar-refractivity contribution is 5.38. The quantitative estimate of drug-likeness (QED) is 0.792. The van der Waals surface area contributed by atoms with Gasteiger partial charge in [0.15, 0.2) is 0 Å². The fourth-order valence-corrected chi connectivity index (χ4v) is 1.33. The standard InChI is InChI=1S/C12H21N3O/c1-10(2)16-8-7-15(3)12-6-4-5-11(9-13)14-12/h4-6,10H,7-9,13H2,1-3H3. The lowest BCUT2D eigenvalue weighted by Crippen LogP contribution is -2.25. The Morgan fingerprint density at radius 2 is 2.19 bits per heavy atom. The molecule has 1 aromatic heterocycles. The summed E-state index contributed by atoms with van der Waals surface area (Å²) in [6, 6.07) is 5.89. The zero-order chi connectivity index (χ0) is 12.0. The molecular weight excluding hydrogens is 202 g/mol. The Kier molecular flexibility index (Phi) is 5.22. The molecule has 1 heterocycles. The molecule has 0 saturated heterocycles. The van der Waals surface area contributed by atoms with Crippen molar-refractivity contribution in [3.8, 4) is 0 Å². The smallest absolute Gasteiger partial charge is 0.128 e. The van der Waals surface area contributed by atoms with E-state index in [1.54, 1.807) is 0 Å². The number of rotatable bonds is 6. The molecule has 0 aliphatic heterocycles. The third kappa shape index (κ3) is 4.16. The van der Waals surface area contributed by atoms with Gasteiger partial charge in [-0.25, -0.2) is 4.98 Å². The average molecular weight is 223 g/mol. The van der Waals surface area contributed by atoms with Crippen molar-refractivity contribution in [2.75, 3.05) is 25.1 Å². The van der Waals surface area contributed by atoms with Gasteiger partial charge >= 0.3 is 0 Å². The van der Waals surface area contributed by atoms with E-state index in [2.05, 4.69) is 9.88 Å². The van der Waals surface area contributed by atoms with E-state index in [0.29, 0.717) is 13.2 Å². The number of nitrogens with zero attached hydrogens (tertiary/aromatic N) is 2. The van der Waals surface area contributed by atoms with Crippen molar-refractivity contribution in [2.45, 2.75) is 26.5 Å². The molecule has 0 aromatic carbocycles. The minimum Gasteiger partial charge on any atom is -0.377 e. The molecule has 2 N–H and O–H groups in total. The molecule has 0 atom stereocenters. The summed E-state index contributed by atoms with van der Waals surface area (Å²) in [6.07, 6.45) is 0.275. The molecule has 1 rings (SSSR count). The highest BCUT2D eigenvalue weighted by atomic mass is 16.5. The predicted molar refractivity (Wildman–Crippen MR) is 66.5 cm³/mol. The fraction of sp³-hybridized carbons (Fsp3) is 0.583. The summed E-state index contributed by atoms with van der Waals surface area (Å²) in [5.74, 6) is 0.940. The summed E-state index contributed by atoms with van der Waals surface area (Å²) >= 11 is 0. The molecule has 0 saturated carbocycles. The number of hydrogen-bond acceptors (Lipinski definition) is 4. The van der Waals surface area contributed by atoms with E-state index in [4.69, 9.17) is 10.5 Å². The number of hydrogen-bond donors (Lipinski definition) is 1. The molecule has 0 radical (unpaired) electrons. The molecule has 0 spiro atoms. The monoisotopic (exact) mass is 223 g/mol. The summed E-state index contributed by atoms with van der Waals surface area (Å²) in [7, 11) is 2.01. The highest BCUT2D eigenvalue weighted by Crippen LogP contribution is 2.09. The van der Waals surface area contributed by atoms with Crippen molar-refractivity contribution in [1.29, 1.82) is 0 Å². The number of nitrogens with two attached hydrogens (primary N) is 1. The fourth-order valence-electron chi connectivity index (χ4n) is 1.33. The number of likely N-dealkylation sites (N-methyl/N-ethyl adjacent to an activating group) is 1. The van der Waals surface area contributed by atoms with Crippen LogP contribution in [0.5, 0.6) is 0 Å². The van der Waals surface area contributed by atoms with Crippen LogP contribution in [0.1, 0.15) is 19.5 Å². The number of pyridine rings is 1. The SMILES string of the molecule is CC(C)OCCN(C)c1cccc(CN)n1. The molecule has 0 amide bonds. The van der Waals surface area contributed by atoms with Gasteiger partial charge in [-0.05, 0) is 26.0 Å². The van der Waals surface area contributed by atoms with Gasteiger partial charge in [0.25, 0.3) is 0 Å². The van der Waals surface area contributed by atoms with Crippen LogP contribution < -0.4 is 10.6 Å². The van der Waals surface area contributed by atoms with E-state index in [1.165, 1.54) is 0 Å². The van der Waals surface area contributed by atoms with Crippen LogP contribution in [0.3, 0.4) is 0 Å². The van der Waals surface area contributed by atoms with Gasteiger partial charge in [0.05, 0.1) is 18.4 Å². The Morgan fingerprint density at radius 3 is 2.81 bits per heavy atom. The third-order valence-corrected chi connectivity index (χ3v) is 2.27. The first kappa shape index (κ1) is 12.9. The van der Waals surface area contributed by atoms with Gasteiger partial charge < -0.3 is 15.4 Å². The van der Waals surface area contributed by atoms with E-state index in [1.807, 2.05) is 39.1 Å². The van der Waals surface area contributed by atoms with Crippen molar-refractivity contribution in [3.05, 3.63) is 23.9 Å². The van der Waals surface area contributed by atoms with E-state index in [-0.39, 0.29) is 6.10 Å². The van der Waals surface area contributed by atoms with E-state index >= 15 is 0 Å². The van der Waals surface area contributed by atoms with Gasteiger partial charge in [0.1, 0.15) is 5.82 Å². The first-order valence-corrected chi connectivity index (χ1v) is 5.62. The van der Waals surface area contributed by atoms with Gasteiger partial charge in [-0.15, -0.1) is 0 Å². The normalized spacial score (nSPS) is 10.8. The zero-order valence-corrected chi connectivity index (χ0v) is 10.3. The lowest BCUT2D eigenvalue weighted by molar-refractivity contribution is 0.0845. The van der Waals surface area contributed by atoms with Crippen molar-refractivity contribution in [1.82, 2.24) is 4.98 Å². The molecule has 0 aliphatic carbocycles. The number of anilines is 1. The topological polar surface area (TPSA) is 51.4 Å². The molecule has 0 unspecified atom stereocenters. The van der Waals surface area contributed by atoms with Gasteiger partial charge in [-0.3, -0.25) is 0 Å². The van der Waals surface area contributed by atoms with Crippen LogP contribution in [0.4, 0.5) is 5.82 Å². The average Bonchev–Trinajstić information content (AvgIpc) is 2.28. The molecule has 0 aliphatic rings. The lowest BCUT2D eigenvalue weighted by Gasteiger charge is -2.19. The van der Waals surface area contributed by atoms with Crippen LogP contribution in [0.15, 0.2) is 18.2 Å². The summed E-state index contributed by atoms with van der Waals surface area (Å²) in [6.45, 7) is 6.09. The number of ether oxygens (including phenoxy) is 1. The minimum atomic E-state index is 0.275. The second-order valence-electron chi connectivity index (χ2n) is 4.03. The van der Waals surface area contributed by atoms with Crippen LogP contribution >= 0.6 is 0 Å². The zero-order valence-electron chi connectivity index (χ0n) is 10.3. The Balaban J connectivity index is 2.48. The molecule has 1 aromatic rings. The van der Waals surface area contributed by atoms with Gasteiger partial charge in [0, 0.05) is 20.1 Å². The molecule has 90 valence electrons. The Bertz CT molecular complexity index is 315. The first-order valence-electron chi connectivity index (χ1n) is 5.62. The van der Waals surface area contributed by atoms with Crippen LogP contribution in [-0.2, 0) is 11.3 Å². The summed E-state index contributed by atoms with van der Waals surface area (Å²) in [5.41, 5.74) is 6.46. The Labute approximate surface area is 97.4 Å². The van der Waals surface area contributed by atoms with Crippen LogP contribution in [0, 0.1) is 0 Å². The summed E-state index contributed by atoms with van der Waals surface area (Å²) in [4.78, 5) is 6.51. The van der Waals surface area contributed by atoms with Crippen molar-refractivity contribution in [2.24, 2.45) is 5.73 Å². The van der Waals surface area contributed by atoms with Crippen molar-refractivity contribution in [3.63, 3.8) is 0 Å². The maximum absolute atomic E-state index is 5.55. The van der Waals surface area contributed by atoms with Gasteiger partial charge in [-0.1, -0.05) is 6.07 Å². The molecule has 4 nitrogen and oxygen atoms in total.